The fraction of sp³-hybridized carbons (Fsp3) is 0.556. The van der Waals surface area contributed by atoms with Crippen LogP contribution >= 0.6 is 0 Å². The number of benzene rings is 1. The van der Waals surface area contributed by atoms with Gasteiger partial charge in [0, 0.05) is 18.7 Å². The van der Waals surface area contributed by atoms with Gasteiger partial charge in [-0.2, -0.15) is 0 Å². The van der Waals surface area contributed by atoms with Crippen LogP contribution in [-0.4, -0.2) is 53.8 Å². The number of carbonyl (C=O) groups excluding carboxylic acids is 2. The summed E-state index contributed by atoms with van der Waals surface area (Å²) in [6, 6.07) is 4.85. The summed E-state index contributed by atoms with van der Waals surface area (Å²) in [6.07, 6.45) is 3.91. The maximum Gasteiger partial charge on any atom is 0.251 e. The van der Waals surface area contributed by atoms with Crippen molar-refractivity contribution in [3.05, 3.63) is 18.2 Å². The van der Waals surface area contributed by atoms with Crippen molar-refractivity contribution in [1.29, 1.82) is 0 Å². The number of likely N-dealkylation sites (tertiary alicyclic amines) is 1. The summed E-state index contributed by atoms with van der Waals surface area (Å²) in [7, 11) is 0. The molecule has 0 spiro atoms. The largest absolute Gasteiger partial charge is 0.454 e. The van der Waals surface area contributed by atoms with E-state index in [4.69, 9.17) is 9.47 Å². The predicted octanol–water partition coefficient (Wildman–Crippen LogP) is 1.28. The molecule has 134 valence electrons. The van der Waals surface area contributed by atoms with E-state index < -0.39 is 6.04 Å². The van der Waals surface area contributed by atoms with E-state index in [2.05, 4.69) is 4.90 Å². The van der Waals surface area contributed by atoms with Crippen LogP contribution in [0.15, 0.2) is 18.2 Å². The van der Waals surface area contributed by atoms with Gasteiger partial charge in [-0.25, -0.2) is 4.90 Å². The zero-order valence-electron chi connectivity index (χ0n) is 14.0. The fourth-order valence-corrected chi connectivity index (χ4v) is 4.06. The standard InChI is InChI=1S/C18H22N2O5/c21-8-6-12-3-1-2-7-19(12)14-10-17(22)20(18(14)23)13-4-5-15-16(9-13)25-11-24-15/h4-5,9,12,14,21H,1-3,6-8,10-11H2/t12-,14+/m0/s1. The van der Waals surface area contributed by atoms with Crippen LogP contribution in [0.2, 0.25) is 0 Å². The lowest BCUT2D eigenvalue weighted by Gasteiger charge is -2.38. The number of piperidine rings is 1. The molecule has 1 aromatic rings. The van der Waals surface area contributed by atoms with Gasteiger partial charge >= 0.3 is 0 Å². The molecule has 2 fully saturated rings. The number of hydrogen-bond acceptors (Lipinski definition) is 6. The number of amides is 2. The topological polar surface area (TPSA) is 79.3 Å². The van der Waals surface area contributed by atoms with Crippen molar-refractivity contribution in [2.45, 2.75) is 44.2 Å². The quantitative estimate of drug-likeness (QED) is 0.828. The Morgan fingerprint density at radius 3 is 2.84 bits per heavy atom. The first-order chi connectivity index (χ1) is 12.2. The average Bonchev–Trinajstić information content (AvgIpc) is 3.19. The van der Waals surface area contributed by atoms with E-state index in [9.17, 15) is 14.7 Å². The third-order valence-corrected chi connectivity index (χ3v) is 5.27. The monoisotopic (exact) mass is 346 g/mol. The molecular weight excluding hydrogens is 324 g/mol. The van der Waals surface area contributed by atoms with Crippen LogP contribution in [0.3, 0.4) is 0 Å². The Bertz CT molecular complexity index is 690. The van der Waals surface area contributed by atoms with E-state index >= 15 is 0 Å². The molecule has 1 N–H and O–H groups in total. The molecule has 3 aliphatic rings. The highest BCUT2D eigenvalue weighted by Gasteiger charge is 2.45. The van der Waals surface area contributed by atoms with Gasteiger partial charge in [-0.3, -0.25) is 14.5 Å². The third-order valence-electron chi connectivity index (χ3n) is 5.27. The maximum absolute atomic E-state index is 13.0. The number of fused-ring (bicyclic) bond motifs is 1. The van der Waals surface area contributed by atoms with Crippen molar-refractivity contribution >= 4 is 17.5 Å². The van der Waals surface area contributed by atoms with Crippen LogP contribution in [0.5, 0.6) is 11.5 Å². The molecule has 0 saturated carbocycles. The van der Waals surface area contributed by atoms with E-state index in [0.717, 1.165) is 25.8 Å². The Labute approximate surface area is 146 Å². The Morgan fingerprint density at radius 2 is 2.00 bits per heavy atom. The second-order valence-corrected chi connectivity index (χ2v) is 6.72. The molecular formula is C18H22N2O5. The third kappa shape index (κ3) is 2.87. The van der Waals surface area contributed by atoms with Crippen molar-refractivity contribution in [3.8, 4) is 11.5 Å². The molecule has 2 amide bonds. The summed E-state index contributed by atoms with van der Waals surface area (Å²) in [5.41, 5.74) is 0.525. The zero-order valence-corrected chi connectivity index (χ0v) is 14.0. The number of imide groups is 1. The van der Waals surface area contributed by atoms with Crippen LogP contribution in [0.4, 0.5) is 5.69 Å². The van der Waals surface area contributed by atoms with Gasteiger partial charge in [-0.05, 0) is 37.9 Å². The number of aliphatic hydroxyl groups excluding tert-OH is 1. The number of anilines is 1. The minimum atomic E-state index is -0.435. The molecule has 0 unspecified atom stereocenters. The zero-order chi connectivity index (χ0) is 17.4. The highest BCUT2D eigenvalue weighted by atomic mass is 16.7. The van der Waals surface area contributed by atoms with Crippen LogP contribution in [0, 0.1) is 0 Å². The van der Waals surface area contributed by atoms with Gasteiger partial charge in [-0.1, -0.05) is 6.42 Å². The van der Waals surface area contributed by atoms with Gasteiger partial charge in [0.25, 0.3) is 5.91 Å². The van der Waals surface area contributed by atoms with Crippen LogP contribution < -0.4 is 14.4 Å². The summed E-state index contributed by atoms with van der Waals surface area (Å²) in [6.45, 7) is 1.05. The van der Waals surface area contributed by atoms with E-state index in [-0.39, 0.29) is 37.7 Å². The highest BCUT2D eigenvalue weighted by Crippen LogP contribution is 2.38. The molecule has 2 saturated heterocycles. The van der Waals surface area contributed by atoms with Gasteiger partial charge in [0.05, 0.1) is 18.2 Å². The van der Waals surface area contributed by atoms with E-state index in [0.29, 0.717) is 23.6 Å². The van der Waals surface area contributed by atoms with E-state index in [1.165, 1.54) is 4.90 Å². The van der Waals surface area contributed by atoms with Gasteiger partial charge in [0.15, 0.2) is 11.5 Å². The number of nitrogens with zero attached hydrogens (tertiary/aromatic N) is 2. The van der Waals surface area contributed by atoms with E-state index in [1.807, 2.05) is 0 Å². The minimum absolute atomic E-state index is 0.0991. The molecule has 3 heterocycles. The van der Waals surface area contributed by atoms with Gasteiger partial charge < -0.3 is 14.6 Å². The average molecular weight is 346 g/mol. The first kappa shape index (κ1) is 16.4. The molecule has 7 heteroatoms. The smallest absolute Gasteiger partial charge is 0.251 e. The maximum atomic E-state index is 13.0. The predicted molar refractivity (Wildman–Crippen MR) is 89.5 cm³/mol. The Balaban J connectivity index is 1.57. The van der Waals surface area contributed by atoms with Crippen LogP contribution in [0.25, 0.3) is 0 Å². The number of rotatable bonds is 4. The molecule has 4 rings (SSSR count). The van der Waals surface area contributed by atoms with Gasteiger partial charge in [0.2, 0.25) is 12.7 Å². The Morgan fingerprint density at radius 1 is 1.16 bits per heavy atom. The number of ether oxygens (including phenoxy) is 2. The van der Waals surface area contributed by atoms with Gasteiger partial charge in [-0.15, -0.1) is 0 Å². The van der Waals surface area contributed by atoms with Crippen LogP contribution in [0.1, 0.15) is 32.1 Å². The Kier molecular flexibility index (Phi) is 4.35. The normalized spacial score (nSPS) is 26.5. The summed E-state index contributed by atoms with van der Waals surface area (Å²) >= 11 is 0. The minimum Gasteiger partial charge on any atom is -0.454 e. The number of carbonyl (C=O) groups is 2. The van der Waals surface area contributed by atoms with Crippen molar-refractivity contribution in [2.24, 2.45) is 0 Å². The first-order valence-corrected chi connectivity index (χ1v) is 8.82. The van der Waals surface area contributed by atoms with E-state index in [1.54, 1.807) is 18.2 Å². The fourth-order valence-electron chi connectivity index (χ4n) is 4.06. The molecule has 1 aromatic carbocycles. The molecule has 7 nitrogen and oxygen atoms in total. The molecule has 0 aliphatic carbocycles. The van der Waals surface area contributed by atoms with Gasteiger partial charge in [0.1, 0.15) is 0 Å². The second kappa shape index (κ2) is 6.65. The summed E-state index contributed by atoms with van der Waals surface area (Å²) in [5, 5.41) is 9.30. The summed E-state index contributed by atoms with van der Waals surface area (Å²) < 4.78 is 10.6. The molecule has 25 heavy (non-hydrogen) atoms. The lowest BCUT2D eigenvalue weighted by Crippen LogP contribution is -2.50. The lowest BCUT2D eigenvalue weighted by atomic mass is 9.97. The van der Waals surface area contributed by atoms with Crippen molar-refractivity contribution in [3.63, 3.8) is 0 Å². The van der Waals surface area contributed by atoms with Crippen molar-refractivity contribution in [2.75, 3.05) is 24.8 Å². The molecule has 0 bridgehead atoms. The van der Waals surface area contributed by atoms with Crippen LogP contribution in [-0.2, 0) is 9.59 Å². The Hall–Kier alpha value is -2.12. The summed E-state index contributed by atoms with van der Waals surface area (Å²) in [4.78, 5) is 28.9. The lowest BCUT2D eigenvalue weighted by molar-refractivity contribution is -0.123. The number of hydrogen-bond donors (Lipinski definition) is 1. The second-order valence-electron chi connectivity index (χ2n) is 6.72. The summed E-state index contributed by atoms with van der Waals surface area (Å²) in [5.74, 6) is 0.798. The SMILES string of the molecule is O=C1C[C@@H](N2CCCC[C@H]2CCO)C(=O)N1c1ccc2c(c1)OCO2. The van der Waals surface area contributed by atoms with Crippen molar-refractivity contribution < 1.29 is 24.2 Å². The molecule has 0 radical (unpaired) electrons. The number of aliphatic hydroxyl groups is 1. The molecule has 3 aliphatic heterocycles. The highest BCUT2D eigenvalue weighted by molar-refractivity contribution is 6.22. The van der Waals surface area contributed by atoms with Crippen molar-refractivity contribution in [1.82, 2.24) is 4.90 Å². The first-order valence-electron chi connectivity index (χ1n) is 8.82. The molecule has 2 atom stereocenters. The molecule has 0 aromatic heterocycles.